The van der Waals surface area contributed by atoms with E-state index in [1.807, 2.05) is 18.4 Å². The SMILES string of the molecule is CN=C(NCc1ccc(SC)cc1)NCC(c1cccs1)N1CCCC1. The summed E-state index contributed by atoms with van der Waals surface area (Å²) in [5.74, 6) is 0.861. The number of thioether (sulfide) groups is 1. The number of hydrogen-bond donors (Lipinski definition) is 2. The van der Waals surface area contributed by atoms with Gasteiger partial charge in [-0.05, 0) is 61.3 Å². The van der Waals surface area contributed by atoms with Crippen LogP contribution in [0.1, 0.15) is 29.3 Å². The first-order valence-electron chi connectivity index (χ1n) is 9.15. The van der Waals surface area contributed by atoms with Crippen LogP contribution in [-0.4, -0.2) is 43.8 Å². The van der Waals surface area contributed by atoms with Gasteiger partial charge < -0.3 is 10.6 Å². The summed E-state index contributed by atoms with van der Waals surface area (Å²) in [4.78, 5) is 9.71. The molecular formula is C20H28N4S2. The molecule has 0 bridgehead atoms. The van der Waals surface area contributed by atoms with E-state index in [-0.39, 0.29) is 0 Å². The smallest absolute Gasteiger partial charge is 0.191 e. The van der Waals surface area contributed by atoms with Crippen molar-refractivity contribution in [3.05, 3.63) is 52.2 Å². The third-order valence-electron chi connectivity index (χ3n) is 4.76. The number of hydrogen-bond acceptors (Lipinski definition) is 4. The molecule has 4 nitrogen and oxygen atoms in total. The number of nitrogens with zero attached hydrogens (tertiary/aromatic N) is 2. The zero-order valence-electron chi connectivity index (χ0n) is 15.6. The Kier molecular flexibility index (Phi) is 7.41. The van der Waals surface area contributed by atoms with Gasteiger partial charge >= 0.3 is 0 Å². The van der Waals surface area contributed by atoms with Gasteiger partial charge in [-0.3, -0.25) is 9.89 Å². The quantitative estimate of drug-likeness (QED) is 0.428. The van der Waals surface area contributed by atoms with E-state index in [2.05, 4.69) is 68.6 Å². The van der Waals surface area contributed by atoms with Gasteiger partial charge in [0.25, 0.3) is 0 Å². The predicted molar refractivity (Wildman–Crippen MR) is 114 cm³/mol. The monoisotopic (exact) mass is 388 g/mol. The summed E-state index contributed by atoms with van der Waals surface area (Å²) >= 11 is 3.62. The summed E-state index contributed by atoms with van der Waals surface area (Å²) in [6.45, 7) is 4.05. The van der Waals surface area contributed by atoms with Crippen LogP contribution >= 0.6 is 23.1 Å². The average Bonchev–Trinajstić information content (AvgIpc) is 3.39. The second-order valence-electron chi connectivity index (χ2n) is 6.43. The predicted octanol–water partition coefficient (Wildman–Crippen LogP) is 3.97. The van der Waals surface area contributed by atoms with Crippen molar-refractivity contribution in [2.24, 2.45) is 4.99 Å². The van der Waals surface area contributed by atoms with Crippen LogP contribution in [0.5, 0.6) is 0 Å². The third-order valence-corrected chi connectivity index (χ3v) is 6.48. The van der Waals surface area contributed by atoms with Crippen molar-refractivity contribution in [1.82, 2.24) is 15.5 Å². The van der Waals surface area contributed by atoms with Crippen LogP contribution in [0.3, 0.4) is 0 Å². The Balaban J connectivity index is 1.54. The molecule has 1 aromatic heterocycles. The highest BCUT2D eigenvalue weighted by atomic mass is 32.2. The Labute approximate surface area is 165 Å². The van der Waals surface area contributed by atoms with Crippen LogP contribution in [0, 0.1) is 0 Å². The lowest BCUT2D eigenvalue weighted by Gasteiger charge is -2.27. The van der Waals surface area contributed by atoms with Crippen molar-refractivity contribution in [2.45, 2.75) is 30.3 Å². The molecule has 0 aliphatic carbocycles. The molecule has 0 saturated carbocycles. The standard InChI is InChI=1S/C20H28N4S2/c1-21-20(22-14-16-7-9-17(25-2)10-8-16)23-15-18(19-6-5-13-26-19)24-11-3-4-12-24/h5-10,13,18H,3-4,11-12,14-15H2,1-2H3,(H2,21,22,23). The van der Waals surface area contributed by atoms with E-state index in [0.717, 1.165) is 19.0 Å². The maximum Gasteiger partial charge on any atom is 0.191 e. The second kappa shape index (κ2) is 10.00. The van der Waals surface area contributed by atoms with Crippen molar-refractivity contribution >= 4 is 29.1 Å². The van der Waals surface area contributed by atoms with E-state index >= 15 is 0 Å². The van der Waals surface area contributed by atoms with Gasteiger partial charge in [0.05, 0.1) is 6.04 Å². The third kappa shape index (κ3) is 5.25. The van der Waals surface area contributed by atoms with E-state index in [1.165, 1.54) is 41.3 Å². The Bertz CT molecular complexity index is 676. The van der Waals surface area contributed by atoms with Gasteiger partial charge in [-0.25, -0.2) is 0 Å². The molecule has 1 aliphatic heterocycles. The summed E-state index contributed by atoms with van der Waals surface area (Å²) < 4.78 is 0. The van der Waals surface area contributed by atoms with Crippen LogP contribution in [0.4, 0.5) is 0 Å². The zero-order valence-corrected chi connectivity index (χ0v) is 17.2. The molecular weight excluding hydrogens is 360 g/mol. The molecule has 26 heavy (non-hydrogen) atoms. The first-order valence-corrected chi connectivity index (χ1v) is 11.3. The van der Waals surface area contributed by atoms with E-state index in [9.17, 15) is 0 Å². The lowest BCUT2D eigenvalue weighted by Crippen LogP contribution is -2.42. The van der Waals surface area contributed by atoms with Gasteiger partial charge in [-0.1, -0.05) is 18.2 Å². The fourth-order valence-electron chi connectivity index (χ4n) is 3.29. The van der Waals surface area contributed by atoms with Crippen LogP contribution in [0.25, 0.3) is 0 Å². The average molecular weight is 389 g/mol. The first-order chi connectivity index (χ1) is 12.8. The minimum Gasteiger partial charge on any atom is -0.354 e. The molecule has 0 radical (unpaired) electrons. The molecule has 1 unspecified atom stereocenters. The molecule has 6 heteroatoms. The number of aliphatic imine (C=N–C) groups is 1. The fraction of sp³-hybridized carbons (Fsp3) is 0.450. The van der Waals surface area contributed by atoms with Gasteiger partial charge in [-0.15, -0.1) is 23.1 Å². The molecule has 3 rings (SSSR count). The van der Waals surface area contributed by atoms with E-state index in [1.54, 1.807) is 11.8 Å². The van der Waals surface area contributed by atoms with Gasteiger partial charge in [0.15, 0.2) is 5.96 Å². The van der Waals surface area contributed by atoms with Gasteiger partial charge in [-0.2, -0.15) is 0 Å². The second-order valence-corrected chi connectivity index (χ2v) is 8.29. The highest BCUT2D eigenvalue weighted by Gasteiger charge is 2.24. The van der Waals surface area contributed by atoms with Crippen molar-refractivity contribution in [3.8, 4) is 0 Å². The number of thiophene rings is 1. The number of rotatable bonds is 7. The van der Waals surface area contributed by atoms with Crippen molar-refractivity contribution in [1.29, 1.82) is 0 Å². The molecule has 1 saturated heterocycles. The molecule has 140 valence electrons. The highest BCUT2D eigenvalue weighted by Crippen LogP contribution is 2.27. The summed E-state index contributed by atoms with van der Waals surface area (Å²) in [5, 5.41) is 9.13. The van der Waals surface area contributed by atoms with Gasteiger partial charge in [0.1, 0.15) is 0 Å². The minimum absolute atomic E-state index is 0.428. The van der Waals surface area contributed by atoms with E-state index < -0.39 is 0 Å². The van der Waals surface area contributed by atoms with Crippen LogP contribution in [0.2, 0.25) is 0 Å². The molecule has 2 heterocycles. The molecule has 1 aromatic carbocycles. The minimum atomic E-state index is 0.428. The number of guanidine groups is 1. The zero-order chi connectivity index (χ0) is 18.2. The Morgan fingerprint density at radius 1 is 1.19 bits per heavy atom. The van der Waals surface area contributed by atoms with Crippen molar-refractivity contribution in [2.75, 3.05) is 32.9 Å². The van der Waals surface area contributed by atoms with Gasteiger partial charge in [0, 0.05) is 29.9 Å². The molecule has 1 aliphatic rings. The molecule has 2 N–H and O–H groups in total. The molecule has 2 aromatic rings. The maximum atomic E-state index is 4.39. The summed E-state index contributed by atoms with van der Waals surface area (Å²) in [5.41, 5.74) is 1.26. The summed E-state index contributed by atoms with van der Waals surface area (Å²) in [7, 11) is 1.84. The van der Waals surface area contributed by atoms with Crippen LogP contribution < -0.4 is 10.6 Å². The summed E-state index contributed by atoms with van der Waals surface area (Å²) in [6, 6.07) is 13.5. The normalized spacial score (nSPS) is 16.6. The number of nitrogens with one attached hydrogen (secondary N) is 2. The molecule has 0 spiro atoms. The highest BCUT2D eigenvalue weighted by molar-refractivity contribution is 7.98. The topological polar surface area (TPSA) is 39.7 Å². The van der Waals surface area contributed by atoms with E-state index in [4.69, 9.17) is 0 Å². The van der Waals surface area contributed by atoms with Crippen LogP contribution in [0.15, 0.2) is 51.7 Å². The van der Waals surface area contributed by atoms with Gasteiger partial charge in [0.2, 0.25) is 0 Å². The number of likely N-dealkylation sites (tertiary alicyclic amines) is 1. The maximum absolute atomic E-state index is 4.39. The Morgan fingerprint density at radius 2 is 1.96 bits per heavy atom. The molecule has 0 amide bonds. The molecule has 1 fully saturated rings. The molecule has 1 atom stereocenters. The van der Waals surface area contributed by atoms with E-state index in [0.29, 0.717) is 6.04 Å². The van der Waals surface area contributed by atoms with Crippen molar-refractivity contribution < 1.29 is 0 Å². The van der Waals surface area contributed by atoms with Crippen LogP contribution in [-0.2, 0) is 6.54 Å². The summed E-state index contributed by atoms with van der Waals surface area (Å²) in [6.07, 6.45) is 4.71. The first kappa shape index (κ1) is 19.3. The largest absolute Gasteiger partial charge is 0.354 e. The lowest BCUT2D eigenvalue weighted by molar-refractivity contribution is 0.249. The Hall–Kier alpha value is -1.50. The lowest BCUT2D eigenvalue weighted by atomic mass is 10.2. The Morgan fingerprint density at radius 3 is 2.58 bits per heavy atom. The number of benzene rings is 1. The van der Waals surface area contributed by atoms with Crippen molar-refractivity contribution in [3.63, 3.8) is 0 Å². The fourth-order valence-corrected chi connectivity index (χ4v) is 4.56.